The average Bonchev–Trinajstić information content (AvgIpc) is 1.55. The minimum atomic E-state index is -5.16. The summed E-state index contributed by atoms with van der Waals surface area (Å²) in [6, 6.07) is 0. The van der Waals surface area contributed by atoms with Crippen LogP contribution in [-0.2, 0) is 24.3 Å². The molecule has 0 aliphatic rings. The quantitative estimate of drug-likeness (QED) is 0.279. The molecule has 0 heterocycles. The third-order valence-corrected chi connectivity index (χ3v) is 1.96. The molecule has 0 unspecified atom stereocenters. The van der Waals surface area contributed by atoms with Crippen LogP contribution in [0.5, 0.6) is 0 Å². The maximum Gasteiger partial charge on any atom is 0.412 e. The number of nitrogens with zero attached hydrogens (tertiary/aromatic N) is 3. The molecule has 64 valence electrons. The summed E-state index contributed by atoms with van der Waals surface area (Å²) in [6.45, 7) is 0. The molecular weight excluding hydrogens is 202 g/mol. The van der Waals surface area contributed by atoms with Crippen LogP contribution >= 0.6 is 0 Å². The summed E-state index contributed by atoms with van der Waals surface area (Å²) in [5.41, 5.74) is 7.52. The summed E-state index contributed by atoms with van der Waals surface area (Å²) >= 11 is 0. The number of azide groups is 1. The molecule has 0 atom stereocenters. The fourth-order valence-electron chi connectivity index (χ4n) is 0.167. The van der Waals surface area contributed by atoms with Gasteiger partial charge in [0.25, 0.3) is 0 Å². The van der Waals surface area contributed by atoms with Crippen molar-refractivity contribution in [3.05, 3.63) is 10.4 Å². The topological polar surface area (TPSA) is 146 Å². The third kappa shape index (κ3) is 5.57. The Morgan fingerprint density at radius 1 is 1.36 bits per heavy atom. The molecule has 0 saturated heterocycles. The minimum absolute atomic E-state index is 1.73. The van der Waals surface area contributed by atoms with Crippen LogP contribution in [0.15, 0.2) is 4.52 Å². The molecule has 0 aliphatic heterocycles. The molecule has 11 heteroatoms. The third-order valence-electron chi connectivity index (χ3n) is 0.308. The molecule has 0 bridgehead atoms. The Morgan fingerprint density at radius 2 is 1.82 bits per heavy atom. The lowest BCUT2D eigenvalue weighted by atomic mass is 13.0. The van der Waals surface area contributed by atoms with Gasteiger partial charge in [0.1, 0.15) is 0 Å². The largest absolute Gasteiger partial charge is 0.412 e. The molecule has 11 heavy (non-hydrogen) atoms. The van der Waals surface area contributed by atoms with Crippen molar-refractivity contribution in [2.75, 3.05) is 0 Å². The summed E-state index contributed by atoms with van der Waals surface area (Å²) in [7, 11) is -10.1. The Morgan fingerprint density at radius 3 is 2.09 bits per heavy atom. The van der Waals surface area contributed by atoms with Crippen LogP contribution in [0.25, 0.3) is 10.4 Å². The lowest BCUT2D eigenvalue weighted by Crippen LogP contribution is -2.09. The molecule has 0 radical (unpaired) electrons. The van der Waals surface area contributed by atoms with Gasteiger partial charge in [-0.15, -0.1) is 3.63 Å². The van der Waals surface area contributed by atoms with E-state index in [1.165, 1.54) is 0 Å². The first-order valence-electron chi connectivity index (χ1n) is 1.77. The van der Waals surface area contributed by atoms with Crippen LogP contribution in [0, 0.1) is 0 Å². The lowest BCUT2D eigenvalue weighted by molar-refractivity contribution is 0.384. The zero-order valence-corrected chi connectivity index (χ0v) is 6.28. The van der Waals surface area contributed by atoms with Crippen molar-refractivity contribution >= 4 is 20.7 Å². The van der Waals surface area contributed by atoms with Crippen molar-refractivity contribution < 1.29 is 25.0 Å². The second kappa shape index (κ2) is 3.02. The van der Waals surface area contributed by atoms with E-state index in [4.69, 9.17) is 10.1 Å². The lowest BCUT2D eigenvalue weighted by Gasteiger charge is -1.91. The summed E-state index contributed by atoms with van der Waals surface area (Å²) in [4.78, 5) is 1.73. The fourth-order valence-corrected chi connectivity index (χ4v) is 1.23. The van der Waals surface area contributed by atoms with E-state index < -0.39 is 20.7 Å². The normalized spacial score (nSPS) is 12.1. The van der Waals surface area contributed by atoms with Crippen LogP contribution < -0.4 is 0 Å². The second-order valence-corrected chi connectivity index (χ2v) is 3.51. The van der Waals surface area contributed by atoms with Crippen molar-refractivity contribution in [1.29, 1.82) is 0 Å². The van der Waals surface area contributed by atoms with Gasteiger partial charge in [-0.25, -0.2) is 0 Å². The predicted octanol–water partition coefficient (Wildman–Crippen LogP) is -0.639. The van der Waals surface area contributed by atoms with Gasteiger partial charge in [0.2, 0.25) is 0 Å². The summed E-state index contributed by atoms with van der Waals surface area (Å²) in [6.07, 6.45) is 0. The van der Waals surface area contributed by atoms with Crippen molar-refractivity contribution in [2.45, 2.75) is 0 Å². The van der Waals surface area contributed by atoms with Gasteiger partial charge in [-0.2, -0.15) is 16.8 Å². The van der Waals surface area contributed by atoms with Gasteiger partial charge < -0.3 is 0 Å². The number of hydrogen-bond donors (Lipinski definition) is 1. The predicted molar refractivity (Wildman–Crippen MR) is 30.7 cm³/mol. The van der Waals surface area contributed by atoms with Crippen molar-refractivity contribution in [3.63, 3.8) is 0 Å². The van der Waals surface area contributed by atoms with Crippen LogP contribution in [0.1, 0.15) is 0 Å². The summed E-state index contributed by atoms with van der Waals surface area (Å²) in [5, 5.41) is 0. The van der Waals surface area contributed by atoms with Crippen LogP contribution in [0.2, 0.25) is 0 Å². The molecule has 1 N–H and O–H groups in total. The van der Waals surface area contributed by atoms with Crippen LogP contribution in [0.3, 0.4) is 0 Å². The van der Waals surface area contributed by atoms with Crippen molar-refractivity contribution in [1.82, 2.24) is 0 Å². The van der Waals surface area contributed by atoms with E-state index in [1.54, 1.807) is 4.91 Å². The monoisotopic (exact) mass is 203 g/mol. The number of hydrogen-bond acceptors (Lipinski definition) is 5. The first-order valence-corrected chi connectivity index (χ1v) is 4.50. The molecule has 0 aromatic heterocycles. The SMILES string of the molecule is [N-]=[N+]=NS(=O)(=O)OS(=O)(=O)O. The highest BCUT2D eigenvalue weighted by molar-refractivity contribution is 7.96. The first kappa shape index (κ1) is 10.1. The fraction of sp³-hybridized carbons (Fsp3) is 0. The smallest absolute Gasteiger partial charge is 0.263 e. The van der Waals surface area contributed by atoms with E-state index in [2.05, 4.69) is 3.63 Å². The molecular formula is HN3O6S2. The molecule has 9 nitrogen and oxygen atoms in total. The van der Waals surface area contributed by atoms with E-state index in [0.29, 0.717) is 0 Å². The Bertz CT molecular complexity index is 366. The highest BCUT2D eigenvalue weighted by atomic mass is 32.3. The zero-order valence-electron chi connectivity index (χ0n) is 4.65. The van der Waals surface area contributed by atoms with E-state index >= 15 is 0 Å². The van der Waals surface area contributed by atoms with Crippen molar-refractivity contribution in [3.8, 4) is 0 Å². The van der Waals surface area contributed by atoms with Gasteiger partial charge >= 0.3 is 20.7 Å². The molecule has 0 aromatic carbocycles. The van der Waals surface area contributed by atoms with E-state index in [9.17, 15) is 16.8 Å². The standard InChI is InChI=1S/HN3O6S2/c1-2-3-10(4,5)9-11(6,7)8/h(H,6,7,8). The minimum Gasteiger partial charge on any atom is -0.263 e. The molecule has 0 aliphatic carbocycles. The van der Waals surface area contributed by atoms with Crippen LogP contribution in [-0.4, -0.2) is 21.4 Å². The maximum absolute atomic E-state index is 10.1. The zero-order chi connectivity index (χ0) is 9.12. The molecule has 0 spiro atoms. The van der Waals surface area contributed by atoms with Gasteiger partial charge in [-0.05, 0) is 5.53 Å². The Hall–Kier alpha value is -0.870. The summed E-state index contributed by atoms with van der Waals surface area (Å²) in [5.74, 6) is 0. The molecule has 0 aromatic rings. The maximum atomic E-state index is 10.1. The van der Waals surface area contributed by atoms with Gasteiger partial charge in [0.15, 0.2) is 0 Å². The molecule has 0 saturated carbocycles. The molecule has 0 rings (SSSR count). The van der Waals surface area contributed by atoms with Gasteiger partial charge in [-0.3, -0.25) is 4.55 Å². The van der Waals surface area contributed by atoms with E-state index in [1.807, 2.05) is 4.52 Å². The Labute approximate surface area is 61.4 Å². The average molecular weight is 203 g/mol. The summed E-state index contributed by atoms with van der Waals surface area (Å²) < 4.78 is 52.2. The van der Waals surface area contributed by atoms with Gasteiger partial charge in [0.05, 0.1) is 4.52 Å². The van der Waals surface area contributed by atoms with E-state index in [0.717, 1.165) is 0 Å². The molecule has 0 amide bonds. The van der Waals surface area contributed by atoms with Gasteiger partial charge in [-0.1, -0.05) is 0 Å². The van der Waals surface area contributed by atoms with Gasteiger partial charge in [0, 0.05) is 4.91 Å². The highest BCUT2D eigenvalue weighted by Gasteiger charge is 2.18. The highest BCUT2D eigenvalue weighted by Crippen LogP contribution is 1.99. The first-order chi connectivity index (χ1) is 4.77. The van der Waals surface area contributed by atoms with Crippen LogP contribution in [0.4, 0.5) is 0 Å². The van der Waals surface area contributed by atoms with Crippen molar-refractivity contribution in [2.24, 2.45) is 4.52 Å². The Kier molecular flexibility index (Phi) is 2.78. The molecule has 0 fully saturated rings. The Balaban J connectivity index is 4.81. The van der Waals surface area contributed by atoms with E-state index in [-0.39, 0.29) is 0 Å². The number of rotatable bonds is 3. The second-order valence-electron chi connectivity index (χ2n) is 1.09.